The Kier molecular flexibility index (Phi) is 9.41. The second-order valence-electron chi connectivity index (χ2n) is 8.62. The number of hydrogen-bond donors (Lipinski definition) is 2. The highest BCUT2D eigenvalue weighted by Crippen LogP contribution is 2.49. The van der Waals surface area contributed by atoms with E-state index < -0.39 is 12.1 Å². The molecule has 1 aliphatic carbocycles. The lowest BCUT2D eigenvalue weighted by molar-refractivity contribution is -0.192. The molecule has 0 spiro atoms. The van der Waals surface area contributed by atoms with Crippen molar-refractivity contribution in [3.8, 4) is 0 Å². The summed E-state index contributed by atoms with van der Waals surface area (Å²) in [4.78, 5) is 23.7. The Morgan fingerprint density at radius 2 is 1.78 bits per heavy atom. The van der Waals surface area contributed by atoms with Crippen LogP contribution in [-0.2, 0) is 25.6 Å². The van der Waals surface area contributed by atoms with E-state index >= 15 is 0 Å². The Morgan fingerprint density at radius 1 is 1.08 bits per heavy atom. The topological polar surface area (TPSA) is 88.1 Å². The SMILES string of the molecule is COCCOCC(=O)N[C@@H]1c2ccccc2[C@@H]2CN(Cc3cccc(F)c3)C[C@H]12.O=C(O)C(F)(F)F. The number of benzene rings is 2. The van der Waals surface area contributed by atoms with Crippen molar-refractivity contribution in [1.29, 1.82) is 0 Å². The molecule has 4 rings (SSSR count). The van der Waals surface area contributed by atoms with Crippen molar-refractivity contribution in [2.45, 2.75) is 24.7 Å². The van der Waals surface area contributed by atoms with Gasteiger partial charge in [0.15, 0.2) is 0 Å². The van der Waals surface area contributed by atoms with E-state index in [1.165, 1.54) is 17.2 Å². The average Bonchev–Trinajstić information content (AvgIpc) is 3.34. The monoisotopic (exact) mass is 512 g/mol. The van der Waals surface area contributed by atoms with Crippen LogP contribution < -0.4 is 5.32 Å². The summed E-state index contributed by atoms with van der Waals surface area (Å²) in [5, 5.41) is 10.3. The molecule has 196 valence electrons. The zero-order valence-corrected chi connectivity index (χ0v) is 19.6. The zero-order chi connectivity index (χ0) is 26.3. The number of aliphatic carboxylic acids is 1. The van der Waals surface area contributed by atoms with E-state index in [4.69, 9.17) is 19.4 Å². The average molecular weight is 513 g/mol. The number of nitrogens with zero attached hydrogens (tertiary/aromatic N) is 1. The highest BCUT2D eigenvalue weighted by Gasteiger charge is 2.46. The molecule has 0 aromatic heterocycles. The Morgan fingerprint density at radius 3 is 2.42 bits per heavy atom. The van der Waals surface area contributed by atoms with Crippen LogP contribution in [0.25, 0.3) is 0 Å². The molecule has 3 atom stereocenters. The summed E-state index contributed by atoms with van der Waals surface area (Å²) >= 11 is 0. The minimum absolute atomic E-state index is 0.0211. The van der Waals surface area contributed by atoms with E-state index in [0.29, 0.717) is 31.6 Å². The van der Waals surface area contributed by atoms with Gasteiger partial charge in [-0.25, -0.2) is 9.18 Å². The number of halogens is 4. The zero-order valence-electron chi connectivity index (χ0n) is 19.6. The first kappa shape index (κ1) is 27.6. The maximum absolute atomic E-state index is 13.5. The number of rotatable bonds is 8. The summed E-state index contributed by atoms with van der Waals surface area (Å²) in [6.45, 7) is 3.40. The number of hydrogen-bond acceptors (Lipinski definition) is 5. The van der Waals surface area contributed by atoms with Gasteiger partial charge >= 0.3 is 12.1 Å². The first-order chi connectivity index (χ1) is 17.1. The summed E-state index contributed by atoms with van der Waals surface area (Å²) in [6, 6.07) is 15.1. The predicted octanol–water partition coefficient (Wildman–Crippen LogP) is 3.51. The largest absolute Gasteiger partial charge is 0.490 e. The number of fused-ring (bicyclic) bond motifs is 3. The molecule has 36 heavy (non-hydrogen) atoms. The van der Waals surface area contributed by atoms with E-state index in [1.807, 2.05) is 12.1 Å². The molecule has 1 saturated heterocycles. The van der Waals surface area contributed by atoms with Crippen molar-refractivity contribution in [2.75, 3.05) is 40.0 Å². The van der Waals surface area contributed by atoms with Gasteiger partial charge in [-0.2, -0.15) is 13.2 Å². The van der Waals surface area contributed by atoms with Gasteiger partial charge in [0, 0.05) is 38.6 Å². The van der Waals surface area contributed by atoms with Gasteiger partial charge in [0.1, 0.15) is 12.4 Å². The van der Waals surface area contributed by atoms with Crippen LogP contribution in [0.3, 0.4) is 0 Å². The third-order valence-electron chi connectivity index (χ3n) is 6.12. The summed E-state index contributed by atoms with van der Waals surface area (Å²) < 4.78 is 55.6. The first-order valence-corrected chi connectivity index (χ1v) is 11.3. The first-order valence-electron chi connectivity index (χ1n) is 11.3. The third-order valence-corrected chi connectivity index (χ3v) is 6.12. The van der Waals surface area contributed by atoms with Gasteiger partial charge in [0.25, 0.3) is 0 Å². The van der Waals surface area contributed by atoms with Crippen LogP contribution in [0, 0.1) is 11.7 Å². The highest BCUT2D eigenvalue weighted by molar-refractivity contribution is 5.78. The highest BCUT2D eigenvalue weighted by atomic mass is 19.4. The molecule has 0 radical (unpaired) electrons. The van der Waals surface area contributed by atoms with Crippen LogP contribution in [-0.4, -0.2) is 68.1 Å². The molecule has 11 heteroatoms. The molecule has 0 unspecified atom stereocenters. The Hall–Kier alpha value is -3.02. The van der Waals surface area contributed by atoms with Crippen LogP contribution in [0.4, 0.5) is 17.6 Å². The van der Waals surface area contributed by atoms with E-state index in [0.717, 1.165) is 18.7 Å². The lowest BCUT2D eigenvalue weighted by atomic mass is 9.94. The third kappa shape index (κ3) is 7.25. The normalized spacial score (nSPS) is 20.8. The summed E-state index contributed by atoms with van der Waals surface area (Å²) in [5.41, 5.74) is 3.49. The molecule has 0 bridgehead atoms. The maximum atomic E-state index is 13.5. The standard InChI is InChI=1S/C23H27FN2O3.C2HF3O2/c1-28-9-10-29-15-22(27)25-23-19-8-3-2-7-18(19)20-13-26(14-21(20)23)12-16-5-4-6-17(24)11-16;3-2(4,5)1(6)7/h2-8,11,20-21,23H,9-10,12-15H2,1H3,(H,25,27);(H,6,7)/t20-,21-,23+;/m0./s1. The van der Waals surface area contributed by atoms with Crippen molar-refractivity contribution in [3.63, 3.8) is 0 Å². The fourth-order valence-electron chi connectivity index (χ4n) is 4.67. The Bertz CT molecular complexity index is 1050. The van der Waals surface area contributed by atoms with Crippen LogP contribution in [0.5, 0.6) is 0 Å². The van der Waals surface area contributed by atoms with Crippen LogP contribution >= 0.6 is 0 Å². The van der Waals surface area contributed by atoms with Gasteiger partial charge < -0.3 is 19.9 Å². The molecule has 1 aliphatic heterocycles. The van der Waals surface area contributed by atoms with E-state index in [-0.39, 0.29) is 24.4 Å². The number of alkyl halides is 3. The molecule has 2 aromatic carbocycles. The fourth-order valence-corrected chi connectivity index (χ4v) is 4.67. The van der Waals surface area contributed by atoms with Gasteiger partial charge in [-0.05, 0) is 28.8 Å². The second-order valence-corrected chi connectivity index (χ2v) is 8.62. The van der Waals surface area contributed by atoms with E-state index in [9.17, 15) is 22.4 Å². The van der Waals surface area contributed by atoms with Crippen molar-refractivity contribution in [2.24, 2.45) is 5.92 Å². The molecule has 0 saturated carbocycles. The fraction of sp³-hybridized carbons (Fsp3) is 0.440. The number of carboxylic acids is 1. The second kappa shape index (κ2) is 12.3. The number of nitrogens with one attached hydrogen (secondary N) is 1. The van der Waals surface area contributed by atoms with Gasteiger partial charge in [0.2, 0.25) is 5.91 Å². The van der Waals surface area contributed by atoms with E-state index in [1.54, 1.807) is 19.2 Å². The molecule has 2 N–H and O–H groups in total. The number of likely N-dealkylation sites (tertiary alicyclic amines) is 1. The molecule has 2 aliphatic rings. The van der Waals surface area contributed by atoms with Crippen molar-refractivity contribution >= 4 is 11.9 Å². The van der Waals surface area contributed by atoms with Crippen LogP contribution in [0.15, 0.2) is 48.5 Å². The Balaban J connectivity index is 0.000000454. The quantitative estimate of drug-likeness (QED) is 0.416. The van der Waals surface area contributed by atoms with Crippen LogP contribution in [0.1, 0.15) is 28.7 Å². The molecular formula is C25H28F4N2O5. The summed E-state index contributed by atoms with van der Waals surface area (Å²) in [6.07, 6.45) is -5.08. The molecule has 1 heterocycles. The molecule has 1 fully saturated rings. The number of carbonyl (C=O) groups excluding carboxylic acids is 1. The molecule has 7 nitrogen and oxygen atoms in total. The molecular weight excluding hydrogens is 484 g/mol. The minimum atomic E-state index is -5.08. The number of carbonyl (C=O) groups is 2. The van der Waals surface area contributed by atoms with Crippen LogP contribution in [0.2, 0.25) is 0 Å². The molecule has 1 amide bonds. The van der Waals surface area contributed by atoms with Crippen molar-refractivity contribution in [1.82, 2.24) is 10.2 Å². The van der Waals surface area contributed by atoms with Gasteiger partial charge in [-0.15, -0.1) is 0 Å². The number of carboxylic acid groups (broad SMARTS) is 1. The minimum Gasteiger partial charge on any atom is -0.475 e. The predicted molar refractivity (Wildman–Crippen MR) is 122 cm³/mol. The summed E-state index contributed by atoms with van der Waals surface area (Å²) in [7, 11) is 1.61. The number of methoxy groups -OCH3 is 1. The van der Waals surface area contributed by atoms with Crippen molar-refractivity contribution in [3.05, 3.63) is 71.0 Å². The Labute approximate surface area is 206 Å². The smallest absolute Gasteiger partial charge is 0.475 e. The lowest BCUT2D eigenvalue weighted by Gasteiger charge is -2.23. The van der Waals surface area contributed by atoms with Gasteiger partial charge in [0.05, 0.1) is 19.3 Å². The van der Waals surface area contributed by atoms with Crippen molar-refractivity contribution < 1.29 is 41.7 Å². The number of amides is 1. The van der Waals surface area contributed by atoms with Gasteiger partial charge in [-0.3, -0.25) is 9.69 Å². The number of ether oxygens (including phenoxy) is 2. The summed E-state index contributed by atoms with van der Waals surface area (Å²) in [5.74, 6) is -2.38. The molecule has 2 aromatic rings. The lowest BCUT2D eigenvalue weighted by Crippen LogP contribution is -2.36. The van der Waals surface area contributed by atoms with E-state index in [2.05, 4.69) is 28.4 Å². The maximum Gasteiger partial charge on any atom is 0.490 e. The van der Waals surface area contributed by atoms with Gasteiger partial charge in [-0.1, -0.05) is 36.4 Å².